The second-order valence-electron chi connectivity index (χ2n) is 7.10. The van der Waals surface area contributed by atoms with Crippen molar-refractivity contribution in [2.24, 2.45) is 4.99 Å². The van der Waals surface area contributed by atoms with Gasteiger partial charge in [-0.1, -0.05) is 30.7 Å². The zero-order chi connectivity index (χ0) is 20.8. The summed E-state index contributed by atoms with van der Waals surface area (Å²) in [4.78, 5) is 17.9. The van der Waals surface area contributed by atoms with E-state index >= 15 is 0 Å². The monoisotopic (exact) mass is 412 g/mol. The minimum absolute atomic E-state index is 0.253. The molecule has 6 heteroatoms. The highest BCUT2D eigenvalue weighted by Gasteiger charge is 2.12. The number of benzene rings is 2. The molecule has 5 nitrogen and oxygen atoms in total. The fourth-order valence-corrected chi connectivity index (χ4v) is 4.28. The maximum absolute atomic E-state index is 12.8. The van der Waals surface area contributed by atoms with Crippen LogP contribution in [0.2, 0.25) is 0 Å². The first-order valence-electron chi connectivity index (χ1n) is 9.95. The predicted molar refractivity (Wildman–Crippen MR) is 118 cm³/mol. The first-order valence-corrected chi connectivity index (χ1v) is 10.8. The van der Waals surface area contributed by atoms with Crippen molar-refractivity contribution >= 4 is 27.5 Å². The Morgan fingerprint density at radius 1 is 1.14 bits per heavy atom. The number of rotatable bonds is 8. The fraction of sp³-hybridized carbons (Fsp3) is 0.391. The Hall–Kier alpha value is -2.44. The molecule has 0 fully saturated rings. The number of hydrogen-bond acceptors (Lipinski definition) is 4. The molecule has 29 heavy (non-hydrogen) atoms. The zero-order valence-electron chi connectivity index (χ0n) is 17.5. The molecule has 0 radical (unpaired) electrons. The van der Waals surface area contributed by atoms with E-state index in [0.29, 0.717) is 30.1 Å². The van der Waals surface area contributed by atoms with Crippen LogP contribution in [-0.4, -0.2) is 30.8 Å². The highest BCUT2D eigenvalue weighted by Crippen LogP contribution is 2.23. The molecule has 0 spiro atoms. The van der Waals surface area contributed by atoms with E-state index in [0.717, 1.165) is 28.8 Å². The van der Waals surface area contributed by atoms with Gasteiger partial charge in [0.2, 0.25) is 0 Å². The van der Waals surface area contributed by atoms with Crippen LogP contribution >= 0.6 is 11.3 Å². The molecule has 1 amide bonds. The molecule has 0 atom stereocenters. The molecule has 0 saturated heterocycles. The van der Waals surface area contributed by atoms with Crippen molar-refractivity contribution in [3.8, 4) is 5.75 Å². The molecular formula is C23H28N2O3S. The zero-order valence-corrected chi connectivity index (χ0v) is 18.3. The third kappa shape index (κ3) is 5.14. The Bertz CT molecular complexity index is 1050. The number of ether oxygens (including phenoxy) is 2. The van der Waals surface area contributed by atoms with Crippen LogP contribution in [0.5, 0.6) is 5.75 Å². The lowest BCUT2D eigenvalue weighted by Crippen LogP contribution is -2.19. The van der Waals surface area contributed by atoms with Gasteiger partial charge in [-0.2, -0.15) is 4.99 Å². The van der Waals surface area contributed by atoms with Gasteiger partial charge in [-0.3, -0.25) is 4.79 Å². The van der Waals surface area contributed by atoms with Gasteiger partial charge in [-0.25, -0.2) is 0 Å². The van der Waals surface area contributed by atoms with Crippen LogP contribution in [0, 0.1) is 13.8 Å². The summed E-state index contributed by atoms with van der Waals surface area (Å²) in [6.45, 7) is 8.20. The third-order valence-electron chi connectivity index (χ3n) is 4.70. The van der Waals surface area contributed by atoms with Gasteiger partial charge >= 0.3 is 0 Å². The van der Waals surface area contributed by atoms with Gasteiger partial charge in [-0.05, 0) is 61.7 Å². The average Bonchev–Trinajstić information content (AvgIpc) is 3.04. The number of amides is 1. The van der Waals surface area contributed by atoms with Crippen LogP contribution < -0.4 is 9.54 Å². The second kappa shape index (κ2) is 9.85. The van der Waals surface area contributed by atoms with Crippen molar-refractivity contribution in [1.82, 2.24) is 4.57 Å². The molecule has 0 N–H and O–H groups in total. The van der Waals surface area contributed by atoms with Crippen LogP contribution in [0.25, 0.3) is 10.2 Å². The smallest absolute Gasteiger partial charge is 0.279 e. The lowest BCUT2D eigenvalue weighted by Gasteiger charge is -2.06. The molecule has 0 aliphatic carbocycles. The number of fused-ring (bicyclic) bond motifs is 1. The van der Waals surface area contributed by atoms with E-state index in [-0.39, 0.29) is 5.91 Å². The molecule has 2 aromatic carbocycles. The lowest BCUT2D eigenvalue weighted by molar-refractivity contribution is 0.0997. The van der Waals surface area contributed by atoms with Crippen molar-refractivity contribution < 1.29 is 14.3 Å². The highest BCUT2D eigenvalue weighted by atomic mass is 32.1. The molecule has 0 bridgehead atoms. The van der Waals surface area contributed by atoms with Crippen LogP contribution in [-0.2, 0) is 11.3 Å². The minimum Gasteiger partial charge on any atom is -0.494 e. The standard InChI is InChI=1S/C23H28N2O3S/c1-5-6-12-28-19-9-7-18(8-10-19)22(26)24-23-25(11-13-27-4)20-15-16(2)14-17(3)21(20)29-23/h7-10,14-15H,5-6,11-13H2,1-4H3. The summed E-state index contributed by atoms with van der Waals surface area (Å²) in [6, 6.07) is 11.5. The molecule has 154 valence electrons. The van der Waals surface area contributed by atoms with Crippen LogP contribution in [0.3, 0.4) is 0 Å². The normalized spacial score (nSPS) is 11.9. The number of hydrogen-bond donors (Lipinski definition) is 0. The summed E-state index contributed by atoms with van der Waals surface area (Å²) in [5.41, 5.74) is 4.03. The van der Waals surface area contributed by atoms with Crippen LogP contribution in [0.4, 0.5) is 0 Å². The van der Waals surface area contributed by atoms with Gasteiger partial charge in [0.1, 0.15) is 5.75 Å². The molecule has 1 heterocycles. The van der Waals surface area contributed by atoms with Gasteiger partial charge < -0.3 is 14.0 Å². The number of methoxy groups -OCH3 is 1. The maximum Gasteiger partial charge on any atom is 0.279 e. The van der Waals surface area contributed by atoms with Gasteiger partial charge in [0.25, 0.3) is 5.91 Å². The van der Waals surface area contributed by atoms with E-state index in [4.69, 9.17) is 9.47 Å². The molecule has 3 rings (SSSR count). The Morgan fingerprint density at radius 2 is 1.90 bits per heavy atom. The number of aromatic nitrogens is 1. The van der Waals surface area contributed by atoms with Gasteiger partial charge in [0.05, 0.1) is 23.4 Å². The second-order valence-corrected chi connectivity index (χ2v) is 8.08. The van der Waals surface area contributed by atoms with Crippen molar-refractivity contribution in [3.05, 3.63) is 57.9 Å². The molecule has 3 aromatic rings. The third-order valence-corrected chi connectivity index (χ3v) is 5.93. The van der Waals surface area contributed by atoms with Gasteiger partial charge in [0.15, 0.2) is 4.80 Å². The Morgan fingerprint density at radius 3 is 2.59 bits per heavy atom. The van der Waals surface area contributed by atoms with Crippen molar-refractivity contribution in [3.63, 3.8) is 0 Å². The van der Waals surface area contributed by atoms with Gasteiger partial charge in [-0.15, -0.1) is 0 Å². The summed E-state index contributed by atoms with van der Waals surface area (Å²) >= 11 is 1.54. The van der Waals surface area contributed by atoms with Crippen molar-refractivity contribution in [1.29, 1.82) is 0 Å². The fourth-order valence-electron chi connectivity index (χ4n) is 3.18. The average molecular weight is 413 g/mol. The number of unbranched alkanes of at least 4 members (excludes halogenated alkanes) is 1. The largest absolute Gasteiger partial charge is 0.494 e. The molecule has 0 saturated carbocycles. The molecule has 1 aromatic heterocycles. The van der Waals surface area contributed by atoms with Crippen molar-refractivity contribution in [2.45, 2.75) is 40.2 Å². The molecular weight excluding hydrogens is 384 g/mol. The Labute approximate surface area is 175 Å². The first-order chi connectivity index (χ1) is 14.0. The summed E-state index contributed by atoms with van der Waals surface area (Å²) in [5.74, 6) is 0.523. The Balaban J connectivity index is 1.94. The van der Waals surface area contributed by atoms with E-state index < -0.39 is 0 Å². The summed E-state index contributed by atoms with van der Waals surface area (Å²) in [7, 11) is 1.68. The van der Waals surface area contributed by atoms with E-state index in [1.165, 1.54) is 11.1 Å². The summed E-state index contributed by atoms with van der Waals surface area (Å²) in [5, 5.41) is 0. The van der Waals surface area contributed by atoms with E-state index in [1.807, 2.05) is 12.1 Å². The number of carbonyl (C=O) groups is 1. The SMILES string of the molecule is CCCCOc1ccc(C(=O)N=c2sc3c(C)cc(C)cc3n2CCOC)cc1. The molecule has 0 aliphatic heterocycles. The topological polar surface area (TPSA) is 52.8 Å². The van der Waals surface area contributed by atoms with Crippen molar-refractivity contribution in [2.75, 3.05) is 20.3 Å². The summed E-state index contributed by atoms with van der Waals surface area (Å²) in [6.07, 6.45) is 2.11. The summed E-state index contributed by atoms with van der Waals surface area (Å²) < 4.78 is 14.2. The number of thiazole rings is 1. The van der Waals surface area contributed by atoms with Crippen LogP contribution in [0.15, 0.2) is 41.4 Å². The maximum atomic E-state index is 12.8. The first kappa shape index (κ1) is 21.3. The Kier molecular flexibility index (Phi) is 7.23. The van der Waals surface area contributed by atoms with E-state index in [2.05, 4.69) is 42.5 Å². The van der Waals surface area contributed by atoms with Crippen LogP contribution in [0.1, 0.15) is 41.3 Å². The van der Waals surface area contributed by atoms with E-state index in [9.17, 15) is 4.79 Å². The predicted octanol–water partition coefficient (Wildman–Crippen LogP) is 4.89. The lowest BCUT2D eigenvalue weighted by atomic mass is 10.1. The number of carbonyl (C=O) groups excluding carboxylic acids is 1. The van der Waals surface area contributed by atoms with E-state index in [1.54, 1.807) is 30.6 Å². The molecule has 0 aliphatic rings. The quantitative estimate of drug-likeness (QED) is 0.495. The molecule has 0 unspecified atom stereocenters. The number of nitrogens with zero attached hydrogens (tertiary/aromatic N) is 2. The minimum atomic E-state index is -0.253. The highest BCUT2D eigenvalue weighted by molar-refractivity contribution is 7.16. The number of aryl methyl sites for hydroxylation is 2. The van der Waals surface area contributed by atoms with Gasteiger partial charge in [0, 0.05) is 19.2 Å².